The second-order valence-corrected chi connectivity index (χ2v) is 6.21. The highest BCUT2D eigenvalue weighted by atomic mass is 16.3. The molecule has 3 amide bonds. The molecular formula is C15H21N5O4. The Bertz CT molecular complexity index is 617. The third-order valence-corrected chi connectivity index (χ3v) is 4.56. The van der Waals surface area contributed by atoms with E-state index in [0.29, 0.717) is 44.6 Å². The molecule has 1 aliphatic heterocycles. The molecule has 2 fully saturated rings. The summed E-state index contributed by atoms with van der Waals surface area (Å²) in [6.07, 6.45) is 1.70. The van der Waals surface area contributed by atoms with Crippen molar-refractivity contribution in [2.24, 2.45) is 5.92 Å². The molecule has 24 heavy (non-hydrogen) atoms. The first kappa shape index (κ1) is 16.4. The molecule has 1 aromatic heterocycles. The normalized spacial score (nSPS) is 27.5. The van der Waals surface area contributed by atoms with E-state index in [-0.39, 0.29) is 23.6 Å². The van der Waals surface area contributed by atoms with Crippen molar-refractivity contribution in [1.82, 2.24) is 25.7 Å². The lowest BCUT2D eigenvalue weighted by Crippen LogP contribution is -2.40. The van der Waals surface area contributed by atoms with Gasteiger partial charge in [-0.2, -0.15) is 5.10 Å². The van der Waals surface area contributed by atoms with E-state index < -0.39 is 12.1 Å². The van der Waals surface area contributed by atoms with Gasteiger partial charge in [0.05, 0.1) is 12.1 Å². The number of H-pyrrole nitrogens is 1. The fraction of sp³-hybridized carbons (Fsp3) is 0.600. The molecule has 0 radical (unpaired) electrons. The molecule has 1 saturated carbocycles. The minimum atomic E-state index is -0.766. The zero-order valence-electron chi connectivity index (χ0n) is 13.2. The third-order valence-electron chi connectivity index (χ3n) is 4.56. The number of rotatable bonds is 3. The summed E-state index contributed by atoms with van der Waals surface area (Å²) in [5, 5.41) is 21.9. The van der Waals surface area contributed by atoms with Crippen molar-refractivity contribution in [3.8, 4) is 0 Å². The largest absolute Gasteiger partial charge is 0.391 e. The monoisotopic (exact) mass is 335 g/mol. The third kappa shape index (κ3) is 3.56. The van der Waals surface area contributed by atoms with Gasteiger partial charge in [-0.3, -0.25) is 19.5 Å². The van der Waals surface area contributed by atoms with Gasteiger partial charge < -0.3 is 20.6 Å². The molecule has 9 heteroatoms. The Morgan fingerprint density at radius 3 is 2.92 bits per heavy atom. The number of hydrogen-bond donors (Lipinski definition) is 4. The minimum Gasteiger partial charge on any atom is -0.391 e. The van der Waals surface area contributed by atoms with Crippen molar-refractivity contribution >= 4 is 17.7 Å². The number of carbonyl (C=O) groups excluding carboxylic acids is 3. The smallest absolute Gasteiger partial charge is 0.269 e. The molecule has 3 atom stereocenters. The highest BCUT2D eigenvalue weighted by Crippen LogP contribution is 2.28. The Hall–Kier alpha value is -2.42. The highest BCUT2D eigenvalue weighted by molar-refractivity contribution is 5.92. The van der Waals surface area contributed by atoms with Crippen LogP contribution in [0.2, 0.25) is 0 Å². The summed E-state index contributed by atoms with van der Waals surface area (Å²) in [7, 11) is 0. The summed E-state index contributed by atoms with van der Waals surface area (Å²) < 4.78 is 0. The van der Waals surface area contributed by atoms with E-state index in [1.54, 1.807) is 11.0 Å². The Labute approximate surface area is 138 Å². The van der Waals surface area contributed by atoms with E-state index in [1.165, 1.54) is 6.20 Å². The van der Waals surface area contributed by atoms with Gasteiger partial charge in [-0.1, -0.05) is 0 Å². The number of amides is 3. The van der Waals surface area contributed by atoms with Crippen LogP contribution in [0.4, 0.5) is 0 Å². The molecule has 0 spiro atoms. The van der Waals surface area contributed by atoms with Crippen LogP contribution in [0.15, 0.2) is 12.3 Å². The van der Waals surface area contributed by atoms with Crippen molar-refractivity contribution in [2.45, 2.75) is 31.4 Å². The van der Waals surface area contributed by atoms with Crippen LogP contribution in [0.1, 0.15) is 29.8 Å². The molecule has 1 aliphatic carbocycles. The number of carbonyl (C=O) groups is 3. The molecule has 0 aromatic carbocycles. The van der Waals surface area contributed by atoms with Crippen molar-refractivity contribution in [3.05, 3.63) is 18.0 Å². The molecule has 1 saturated heterocycles. The van der Waals surface area contributed by atoms with Gasteiger partial charge >= 0.3 is 0 Å². The predicted molar refractivity (Wildman–Crippen MR) is 82.8 cm³/mol. The van der Waals surface area contributed by atoms with Gasteiger partial charge in [0.25, 0.3) is 5.91 Å². The first-order valence-corrected chi connectivity index (χ1v) is 8.08. The van der Waals surface area contributed by atoms with Crippen LogP contribution in [-0.4, -0.2) is 69.7 Å². The fourth-order valence-corrected chi connectivity index (χ4v) is 3.25. The molecule has 2 aliphatic rings. The summed E-state index contributed by atoms with van der Waals surface area (Å²) >= 11 is 0. The van der Waals surface area contributed by atoms with Crippen LogP contribution < -0.4 is 10.6 Å². The Morgan fingerprint density at radius 1 is 1.33 bits per heavy atom. The average molecular weight is 335 g/mol. The molecule has 1 aromatic rings. The van der Waals surface area contributed by atoms with Gasteiger partial charge in [-0.15, -0.1) is 0 Å². The van der Waals surface area contributed by atoms with Crippen molar-refractivity contribution in [1.29, 1.82) is 0 Å². The number of aliphatic hydroxyl groups is 1. The topological polar surface area (TPSA) is 127 Å². The van der Waals surface area contributed by atoms with Crippen molar-refractivity contribution in [2.75, 3.05) is 19.6 Å². The summed E-state index contributed by atoms with van der Waals surface area (Å²) in [4.78, 5) is 37.7. The Balaban J connectivity index is 1.57. The first-order chi connectivity index (χ1) is 11.5. The quantitative estimate of drug-likeness (QED) is 0.542. The molecule has 0 unspecified atom stereocenters. The lowest BCUT2D eigenvalue weighted by Gasteiger charge is -2.23. The zero-order chi connectivity index (χ0) is 17.1. The van der Waals surface area contributed by atoms with E-state index in [1.807, 2.05) is 0 Å². The fourth-order valence-electron chi connectivity index (χ4n) is 3.25. The van der Waals surface area contributed by atoms with Crippen LogP contribution in [0, 0.1) is 5.92 Å². The maximum atomic E-state index is 12.6. The standard InChI is InChI=1S/C15H21N5O4/c21-12-8-9(15(24)20-5-2-13(22)16-4-6-20)7-11(12)18-14(23)10-1-3-17-19-10/h1,3,9,11-12,21H,2,4-8H2,(H,16,22)(H,17,19)(H,18,23)/t9-,11+,12+/m0/s1. The molecule has 3 rings (SSSR count). The Kier molecular flexibility index (Phi) is 4.79. The van der Waals surface area contributed by atoms with E-state index in [9.17, 15) is 19.5 Å². The maximum Gasteiger partial charge on any atom is 0.269 e. The molecule has 0 bridgehead atoms. The van der Waals surface area contributed by atoms with Gasteiger partial charge in [-0.25, -0.2) is 0 Å². The SMILES string of the molecule is O=C1CCN(C(=O)[C@@H]2C[C@@H](O)[C@H](NC(=O)c3ccn[nH]3)C2)CCN1. The molecule has 9 nitrogen and oxygen atoms in total. The molecule has 2 heterocycles. The molecule has 4 N–H and O–H groups in total. The highest BCUT2D eigenvalue weighted by Gasteiger charge is 2.39. The number of aliphatic hydroxyl groups excluding tert-OH is 1. The molecule has 130 valence electrons. The van der Waals surface area contributed by atoms with Gasteiger partial charge in [-0.05, 0) is 18.9 Å². The van der Waals surface area contributed by atoms with Crippen molar-refractivity contribution in [3.63, 3.8) is 0 Å². The van der Waals surface area contributed by atoms with Crippen LogP contribution in [0.3, 0.4) is 0 Å². The van der Waals surface area contributed by atoms with E-state index in [2.05, 4.69) is 20.8 Å². The lowest BCUT2D eigenvalue weighted by molar-refractivity contribution is -0.135. The number of nitrogens with zero attached hydrogens (tertiary/aromatic N) is 2. The molecular weight excluding hydrogens is 314 g/mol. The minimum absolute atomic E-state index is 0.0542. The van der Waals surface area contributed by atoms with Gasteiger partial charge in [0.15, 0.2) is 0 Å². The number of aromatic amines is 1. The van der Waals surface area contributed by atoms with E-state index >= 15 is 0 Å². The average Bonchev–Trinajstić information content (AvgIpc) is 3.15. The first-order valence-electron chi connectivity index (χ1n) is 8.08. The zero-order valence-corrected chi connectivity index (χ0v) is 13.2. The van der Waals surface area contributed by atoms with Crippen LogP contribution in [-0.2, 0) is 9.59 Å². The summed E-state index contributed by atoms with van der Waals surface area (Å²) in [5.41, 5.74) is 0.314. The summed E-state index contributed by atoms with van der Waals surface area (Å²) in [6.45, 7) is 1.31. The van der Waals surface area contributed by atoms with Crippen LogP contribution in [0.25, 0.3) is 0 Å². The van der Waals surface area contributed by atoms with Gasteiger partial charge in [0.1, 0.15) is 5.69 Å². The maximum absolute atomic E-state index is 12.6. The van der Waals surface area contributed by atoms with E-state index in [0.717, 1.165) is 0 Å². The van der Waals surface area contributed by atoms with Crippen LogP contribution in [0.5, 0.6) is 0 Å². The van der Waals surface area contributed by atoms with Crippen LogP contribution >= 0.6 is 0 Å². The predicted octanol–water partition coefficient (Wildman–Crippen LogP) is -1.37. The Morgan fingerprint density at radius 2 is 2.17 bits per heavy atom. The number of hydrogen-bond acceptors (Lipinski definition) is 5. The number of nitrogens with one attached hydrogen (secondary N) is 3. The summed E-state index contributed by atoms with van der Waals surface area (Å²) in [6, 6.07) is 1.07. The summed E-state index contributed by atoms with van der Waals surface area (Å²) in [5.74, 6) is -0.820. The second kappa shape index (κ2) is 7.00. The van der Waals surface area contributed by atoms with Gasteiger partial charge in [0.2, 0.25) is 11.8 Å². The van der Waals surface area contributed by atoms with Crippen molar-refractivity contribution < 1.29 is 19.5 Å². The second-order valence-electron chi connectivity index (χ2n) is 6.21. The number of aromatic nitrogens is 2. The van der Waals surface area contributed by atoms with E-state index in [4.69, 9.17) is 0 Å². The lowest BCUT2D eigenvalue weighted by atomic mass is 10.1. The van der Waals surface area contributed by atoms with Gasteiger partial charge in [0, 0.05) is 38.2 Å².